The highest BCUT2D eigenvalue weighted by atomic mass is 32.1. The van der Waals surface area contributed by atoms with Crippen molar-refractivity contribution in [2.45, 2.75) is 18.9 Å². The number of aromatic nitrogens is 2. The second-order valence-electron chi connectivity index (χ2n) is 6.14. The van der Waals surface area contributed by atoms with Gasteiger partial charge >= 0.3 is 0 Å². The fourth-order valence-electron chi connectivity index (χ4n) is 3.30. The Labute approximate surface area is 153 Å². The predicted molar refractivity (Wildman–Crippen MR) is 97.5 cm³/mol. The number of benzene rings is 1. The number of likely N-dealkylation sites (tertiary alicyclic amines) is 1. The first-order chi connectivity index (χ1) is 12.6. The van der Waals surface area contributed by atoms with Crippen LogP contribution in [0.25, 0.3) is 5.69 Å². The Bertz CT molecular complexity index is 951. The molecule has 1 amide bonds. The topological polar surface area (TPSA) is 81.3 Å². The Morgan fingerprint density at radius 3 is 2.96 bits per heavy atom. The molecule has 3 aromatic rings. The number of non-ortho nitro benzene ring substituents is 1. The van der Waals surface area contributed by atoms with Crippen LogP contribution >= 0.6 is 11.3 Å². The Balaban J connectivity index is 1.59. The molecule has 8 heteroatoms. The zero-order valence-electron chi connectivity index (χ0n) is 13.8. The van der Waals surface area contributed by atoms with Crippen molar-refractivity contribution >= 4 is 22.9 Å². The molecule has 1 saturated heterocycles. The summed E-state index contributed by atoms with van der Waals surface area (Å²) in [5.74, 6) is -0.108. The van der Waals surface area contributed by atoms with Gasteiger partial charge in [0.1, 0.15) is 0 Å². The van der Waals surface area contributed by atoms with Gasteiger partial charge in [-0.05, 0) is 47.4 Å². The summed E-state index contributed by atoms with van der Waals surface area (Å²) >= 11 is 1.63. The van der Waals surface area contributed by atoms with Crippen molar-refractivity contribution in [1.82, 2.24) is 14.7 Å². The van der Waals surface area contributed by atoms with Crippen molar-refractivity contribution in [3.05, 3.63) is 74.7 Å². The van der Waals surface area contributed by atoms with Crippen LogP contribution < -0.4 is 0 Å². The zero-order chi connectivity index (χ0) is 18.1. The molecule has 26 heavy (non-hydrogen) atoms. The van der Waals surface area contributed by atoms with E-state index in [2.05, 4.69) is 16.5 Å². The smallest absolute Gasteiger partial charge is 0.274 e. The molecule has 1 aromatic carbocycles. The lowest BCUT2D eigenvalue weighted by molar-refractivity contribution is -0.384. The second kappa shape index (κ2) is 6.72. The van der Waals surface area contributed by atoms with Gasteiger partial charge in [-0.1, -0.05) is 6.07 Å². The number of hydrogen-bond acceptors (Lipinski definition) is 5. The normalized spacial score (nSPS) is 16.8. The van der Waals surface area contributed by atoms with E-state index in [9.17, 15) is 14.9 Å². The van der Waals surface area contributed by atoms with Gasteiger partial charge in [0.2, 0.25) is 0 Å². The van der Waals surface area contributed by atoms with Gasteiger partial charge in [0.25, 0.3) is 11.6 Å². The summed E-state index contributed by atoms with van der Waals surface area (Å²) in [6, 6.07) is 9.99. The number of carbonyl (C=O) groups excluding carboxylic acids is 1. The third-order valence-corrected chi connectivity index (χ3v) is 5.26. The molecule has 0 aliphatic carbocycles. The summed E-state index contributed by atoms with van der Waals surface area (Å²) in [5, 5.41) is 19.4. The minimum Gasteiger partial charge on any atom is -0.330 e. The molecule has 1 atom stereocenters. The van der Waals surface area contributed by atoms with Crippen LogP contribution in [0.5, 0.6) is 0 Å². The molecule has 1 aliphatic heterocycles. The lowest BCUT2D eigenvalue weighted by Gasteiger charge is -2.23. The van der Waals surface area contributed by atoms with E-state index >= 15 is 0 Å². The fraction of sp³-hybridized carbons (Fsp3) is 0.222. The second-order valence-corrected chi connectivity index (χ2v) is 6.92. The van der Waals surface area contributed by atoms with E-state index in [-0.39, 0.29) is 17.6 Å². The van der Waals surface area contributed by atoms with Gasteiger partial charge in [-0.3, -0.25) is 14.9 Å². The van der Waals surface area contributed by atoms with Crippen LogP contribution in [0.4, 0.5) is 5.69 Å². The number of nitrogens with zero attached hydrogens (tertiary/aromatic N) is 4. The maximum absolute atomic E-state index is 12.9. The molecule has 2 aromatic heterocycles. The molecule has 4 rings (SSSR count). The van der Waals surface area contributed by atoms with Gasteiger partial charge in [0.15, 0.2) is 5.69 Å². The van der Waals surface area contributed by atoms with E-state index in [0.717, 1.165) is 12.8 Å². The van der Waals surface area contributed by atoms with Crippen molar-refractivity contribution < 1.29 is 9.72 Å². The Hall–Kier alpha value is -3.00. The standard InChI is InChI=1S/C18H16N4O3S/c23-18(20-8-2-5-17(20)13-7-10-26-12-13)16-6-9-21(19-16)14-3-1-4-15(11-14)22(24)25/h1,3-4,6-7,9-12,17H,2,5,8H2/t17-/m0/s1. The average molecular weight is 368 g/mol. The summed E-state index contributed by atoms with van der Waals surface area (Å²) in [6.45, 7) is 0.711. The molecule has 0 N–H and O–H groups in total. The monoisotopic (exact) mass is 368 g/mol. The molecular formula is C18H16N4O3S. The third kappa shape index (κ3) is 2.99. The van der Waals surface area contributed by atoms with E-state index in [0.29, 0.717) is 17.9 Å². The fourth-order valence-corrected chi connectivity index (χ4v) is 4.01. The van der Waals surface area contributed by atoms with Gasteiger partial charge in [-0.2, -0.15) is 16.4 Å². The van der Waals surface area contributed by atoms with Crippen LogP contribution in [-0.4, -0.2) is 32.1 Å². The summed E-state index contributed by atoms with van der Waals surface area (Å²) in [4.78, 5) is 25.3. The highest BCUT2D eigenvalue weighted by Gasteiger charge is 2.31. The predicted octanol–water partition coefficient (Wildman–Crippen LogP) is 3.82. The molecule has 3 heterocycles. The maximum Gasteiger partial charge on any atom is 0.274 e. The number of rotatable bonds is 4. The quantitative estimate of drug-likeness (QED) is 0.518. The maximum atomic E-state index is 12.9. The number of amides is 1. The summed E-state index contributed by atoms with van der Waals surface area (Å²) in [5.41, 5.74) is 2.05. The van der Waals surface area contributed by atoms with Crippen molar-refractivity contribution in [3.8, 4) is 5.69 Å². The van der Waals surface area contributed by atoms with E-state index in [1.54, 1.807) is 35.7 Å². The average Bonchev–Trinajstić information content (AvgIpc) is 3.41. The van der Waals surface area contributed by atoms with E-state index in [4.69, 9.17) is 0 Å². The Morgan fingerprint density at radius 1 is 1.31 bits per heavy atom. The van der Waals surface area contributed by atoms with Gasteiger partial charge in [0, 0.05) is 24.9 Å². The summed E-state index contributed by atoms with van der Waals surface area (Å²) < 4.78 is 1.50. The van der Waals surface area contributed by atoms with Crippen molar-refractivity contribution in [2.75, 3.05) is 6.54 Å². The molecule has 132 valence electrons. The Kier molecular flexibility index (Phi) is 4.26. The minimum absolute atomic E-state index is 0.0112. The van der Waals surface area contributed by atoms with Gasteiger partial charge < -0.3 is 4.90 Å². The van der Waals surface area contributed by atoms with E-state index in [1.807, 2.05) is 10.3 Å². The molecule has 0 unspecified atom stereocenters. The molecule has 0 spiro atoms. The number of carbonyl (C=O) groups is 1. The van der Waals surface area contributed by atoms with Crippen LogP contribution in [-0.2, 0) is 0 Å². The number of nitro groups is 1. The minimum atomic E-state index is -0.450. The SMILES string of the molecule is O=C(c1ccn(-c2cccc([N+](=O)[O-])c2)n1)N1CCC[C@H]1c1ccsc1. The van der Waals surface area contributed by atoms with Gasteiger partial charge in [0.05, 0.1) is 16.7 Å². The van der Waals surface area contributed by atoms with Gasteiger partial charge in [-0.25, -0.2) is 4.68 Å². The molecular weight excluding hydrogens is 352 g/mol. The highest BCUT2D eigenvalue weighted by molar-refractivity contribution is 7.08. The number of thiophene rings is 1. The summed E-state index contributed by atoms with van der Waals surface area (Å²) in [7, 11) is 0. The summed E-state index contributed by atoms with van der Waals surface area (Å²) in [6.07, 6.45) is 3.58. The largest absolute Gasteiger partial charge is 0.330 e. The molecule has 7 nitrogen and oxygen atoms in total. The first-order valence-corrected chi connectivity index (χ1v) is 9.21. The van der Waals surface area contributed by atoms with Crippen LogP contribution in [0.2, 0.25) is 0 Å². The van der Waals surface area contributed by atoms with Crippen LogP contribution in [0.1, 0.15) is 34.9 Å². The first kappa shape index (κ1) is 16.5. The number of nitro benzene ring substituents is 1. The van der Waals surface area contributed by atoms with Gasteiger partial charge in [-0.15, -0.1) is 0 Å². The Morgan fingerprint density at radius 2 is 2.19 bits per heavy atom. The van der Waals surface area contributed by atoms with Crippen LogP contribution in [0.3, 0.4) is 0 Å². The third-order valence-electron chi connectivity index (χ3n) is 4.55. The van der Waals surface area contributed by atoms with Crippen molar-refractivity contribution in [2.24, 2.45) is 0 Å². The first-order valence-electron chi connectivity index (χ1n) is 8.27. The molecule has 0 bridgehead atoms. The van der Waals surface area contributed by atoms with Crippen molar-refractivity contribution in [3.63, 3.8) is 0 Å². The lowest BCUT2D eigenvalue weighted by Crippen LogP contribution is -2.30. The van der Waals surface area contributed by atoms with E-state index < -0.39 is 4.92 Å². The van der Waals surface area contributed by atoms with E-state index in [1.165, 1.54) is 22.4 Å². The number of hydrogen-bond donors (Lipinski definition) is 0. The molecule has 1 aliphatic rings. The van der Waals surface area contributed by atoms with Crippen LogP contribution in [0, 0.1) is 10.1 Å². The molecule has 1 fully saturated rings. The molecule has 0 radical (unpaired) electrons. The lowest BCUT2D eigenvalue weighted by atomic mass is 10.1. The zero-order valence-corrected chi connectivity index (χ0v) is 14.6. The van der Waals surface area contributed by atoms with Crippen molar-refractivity contribution in [1.29, 1.82) is 0 Å². The highest BCUT2D eigenvalue weighted by Crippen LogP contribution is 2.34. The van der Waals surface area contributed by atoms with Crippen LogP contribution in [0.15, 0.2) is 53.4 Å². The molecule has 0 saturated carbocycles.